The van der Waals surface area contributed by atoms with Crippen molar-refractivity contribution in [3.63, 3.8) is 0 Å². The van der Waals surface area contributed by atoms with Gasteiger partial charge in [0.15, 0.2) is 0 Å². The lowest BCUT2D eigenvalue weighted by molar-refractivity contribution is -0.611. The first-order valence-electron chi connectivity index (χ1n) is 4.20. The van der Waals surface area contributed by atoms with E-state index in [9.17, 15) is 4.79 Å². The molecule has 1 aromatic heterocycles. The van der Waals surface area contributed by atoms with Crippen molar-refractivity contribution in [3.8, 4) is 0 Å². The Balaban J connectivity index is 2.53. The lowest BCUT2D eigenvalue weighted by Gasteiger charge is -2.16. The summed E-state index contributed by atoms with van der Waals surface area (Å²) >= 11 is 0. The van der Waals surface area contributed by atoms with Crippen molar-refractivity contribution in [2.24, 2.45) is 0 Å². The Morgan fingerprint density at radius 1 is 1.69 bits per heavy atom. The van der Waals surface area contributed by atoms with Crippen LogP contribution in [0.25, 0.3) is 0 Å². The van der Waals surface area contributed by atoms with Crippen LogP contribution in [0.2, 0.25) is 0 Å². The number of nitrogen functional groups attached to an aromatic ring is 1. The number of rotatable bonds is 0. The monoisotopic (exact) mass is 183 g/mol. The van der Waals surface area contributed by atoms with E-state index in [0.29, 0.717) is 17.5 Å². The van der Waals surface area contributed by atoms with Crippen LogP contribution in [0.1, 0.15) is 6.92 Å². The molecule has 1 atom stereocenters. The van der Waals surface area contributed by atoms with E-state index in [0.717, 1.165) is 6.54 Å². The van der Waals surface area contributed by atoms with E-state index in [1.54, 1.807) is 0 Å². The largest absolute Gasteiger partial charge is 0.360 e. The summed E-state index contributed by atoms with van der Waals surface area (Å²) in [5.41, 5.74) is 5.95. The van der Waals surface area contributed by atoms with Gasteiger partial charge in [0.1, 0.15) is 12.6 Å². The summed E-state index contributed by atoms with van der Waals surface area (Å²) < 4.78 is 0. The molecule has 1 aliphatic rings. The minimum Gasteiger partial charge on any atom is -0.310 e. The minimum absolute atomic E-state index is 0.148. The smallest absolute Gasteiger partial charge is 0.310 e. The van der Waals surface area contributed by atoms with Crippen molar-refractivity contribution in [2.45, 2.75) is 13.0 Å². The van der Waals surface area contributed by atoms with E-state index in [-0.39, 0.29) is 11.5 Å². The van der Waals surface area contributed by atoms with E-state index < -0.39 is 0 Å². The summed E-state index contributed by atoms with van der Waals surface area (Å²) in [4.78, 5) is 16.8. The lowest BCUT2D eigenvalue weighted by Crippen LogP contribution is -2.88. The number of quaternary nitrogens is 1. The predicted molar refractivity (Wildman–Crippen MR) is 47.6 cm³/mol. The van der Waals surface area contributed by atoms with Crippen LogP contribution in [0, 0.1) is 0 Å². The number of anilines is 2. The van der Waals surface area contributed by atoms with Gasteiger partial charge in [0.25, 0.3) is 11.5 Å². The van der Waals surface area contributed by atoms with Crippen LogP contribution in [0.4, 0.5) is 17.5 Å². The Hall–Kier alpha value is -1.56. The maximum absolute atomic E-state index is 11.4. The zero-order chi connectivity index (χ0) is 9.42. The molecule has 0 aliphatic carbocycles. The summed E-state index contributed by atoms with van der Waals surface area (Å²) in [5.74, 6) is 0.985. The first-order chi connectivity index (χ1) is 6.16. The molecule has 0 spiro atoms. The zero-order valence-electron chi connectivity index (χ0n) is 7.35. The van der Waals surface area contributed by atoms with Gasteiger partial charge in [-0.25, -0.2) is 14.8 Å². The highest BCUT2D eigenvalue weighted by molar-refractivity contribution is 5.51. The van der Waals surface area contributed by atoms with Crippen molar-refractivity contribution in [2.75, 3.05) is 17.6 Å². The lowest BCUT2D eigenvalue weighted by atomic mass is 10.2. The second-order valence-corrected chi connectivity index (χ2v) is 3.31. The van der Waals surface area contributed by atoms with Gasteiger partial charge < -0.3 is 11.1 Å². The topological polar surface area (TPSA) is 102 Å². The van der Waals surface area contributed by atoms with Gasteiger partial charge in [-0.2, -0.15) is 0 Å². The molecule has 1 aliphatic heterocycles. The molecule has 0 saturated carbocycles. The third-order valence-electron chi connectivity index (χ3n) is 2.07. The second kappa shape index (κ2) is 2.74. The molecule has 6 nitrogen and oxygen atoms in total. The number of aromatic amines is 2. The molecule has 1 aromatic rings. The van der Waals surface area contributed by atoms with E-state index in [1.807, 2.05) is 12.2 Å². The average Bonchev–Trinajstić information content (AvgIpc) is 2.06. The van der Waals surface area contributed by atoms with Crippen LogP contribution >= 0.6 is 0 Å². The number of aromatic nitrogens is 2. The van der Waals surface area contributed by atoms with Crippen LogP contribution < -0.4 is 26.9 Å². The van der Waals surface area contributed by atoms with Crippen LogP contribution in [0.5, 0.6) is 0 Å². The van der Waals surface area contributed by atoms with Gasteiger partial charge in [-0.15, -0.1) is 0 Å². The maximum atomic E-state index is 11.4. The molecule has 7 N–H and O–H groups in total. The highest BCUT2D eigenvalue weighted by Gasteiger charge is 2.26. The van der Waals surface area contributed by atoms with Gasteiger partial charge in [0.05, 0.1) is 0 Å². The number of nitrogens with one attached hydrogen (secondary N) is 3. The quantitative estimate of drug-likeness (QED) is 0.366. The zero-order valence-corrected chi connectivity index (χ0v) is 7.35. The summed E-state index contributed by atoms with van der Waals surface area (Å²) in [6.45, 7) is 2.87. The van der Waals surface area contributed by atoms with E-state index in [4.69, 9.17) is 5.73 Å². The Bertz CT molecular complexity index is 385. The molecule has 70 valence electrons. The minimum atomic E-state index is -0.148. The number of fused-ring (bicyclic) bond motifs is 1. The van der Waals surface area contributed by atoms with Gasteiger partial charge in [-0.3, -0.25) is 5.32 Å². The van der Waals surface area contributed by atoms with Gasteiger partial charge in [0.2, 0.25) is 0 Å². The highest BCUT2D eigenvalue weighted by atomic mass is 16.1. The fraction of sp³-hybridized carbons (Fsp3) is 0.429. The molecule has 2 heterocycles. The molecule has 0 amide bonds. The van der Waals surface area contributed by atoms with Gasteiger partial charge in [0, 0.05) is 0 Å². The third-order valence-corrected chi connectivity index (χ3v) is 2.07. The predicted octanol–water partition coefficient (Wildman–Crippen LogP) is -2.22. The van der Waals surface area contributed by atoms with Crippen molar-refractivity contribution in [1.82, 2.24) is 4.98 Å². The SMILES string of the molecule is CC1CNc2[nH+]c(N)[nH]c(=O)c2[NH2+]1. The number of hydrogen-bond acceptors (Lipinski definition) is 3. The maximum Gasteiger partial charge on any atom is 0.360 e. The molecule has 1 unspecified atom stereocenters. The van der Waals surface area contributed by atoms with Crippen LogP contribution in [-0.2, 0) is 0 Å². The standard InChI is InChI=1S/C7H11N5O/c1-3-2-9-5-4(10-3)6(13)12-7(8)11-5/h3,10H,2H2,1H3,(H4,8,9,11,12,13)/p+2. The Kier molecular flexibility index (Phi) is 1.70. The fourth-order valence-corrected chi connectivity index (χ4v) is 1.44. The molecule has 0 bridgehead atoms. The molecule has 0 fully saturated rings. The molecule has 6 heteroatoms. The Labute approximate surface area is 74.6 Å². The van der Waals surface area contributed by atoms with Crippen LogP contribution in [-0.4, -0.2) is 17.6 Å². The normalized spacial score (nSPS) is 20.5. The van der Waals surface area contributed by atoms with Crippen molar-refractivity contribution < 1.29 is 10.3 Å². The number of H-pyrrole nitrogens is 2. The first kappa shape index (κ1) is 8.06. The van der Waals surface area contributed by atoms with E-state index in [1.165, 1.54) is 0 Å². The number of hydrogen-bond donors (Lipinski definition) is 4. The van der Waals surface area contributed by atoms with E-state index in [2.05, 4.69) is 15.3 Å². The molecule has 0 saturated heterocycles. The Morgan fingerprint density at radius 3 is 3.23 bits per heavy atom. The van der Waals surface area contributed by atoms with Gasteiger partial charge in [-0.05, 0) is 6.92 Å². The summed E-state index contributed by atoms with van der Waals surface area (Å²) in [6, 6.07) is 0.366. The Morgan fingerprint density at radius 2 is 2.46 bits per heavy atom. The van der Waals surface area contributed by atoms with Crippen molar-refractivity contribution in [3.05, 3.63) is 10.4 Å². The average molecular weight is 183 g/mol. The molecular formula is C7H13N5O+2. The first-order valence-corrected chi connectivity index (χ1v) is 4.20. The van der Waals surface area contributed by atoms with Gasteiger partial charge in [-0.1, -0.05) is 0 Å². The molecular weight excluding hydrogens is 170 g/mol. The summed E-state index contributed by atoms with van der Waals surface area (Å²) in [5, 5.41) is 5.04. The van der Waals surface area contributed by atoms with E-state index >= 15 is 0 Å². The summed E-state index contributed by atoms with van der Waals surface area (Å²) in [7, 11) is 0. The highest BCUT2D eigenvalue weighted by Crippen LogP contribution is 2.07. The molecule has 0 aromatic carbocycles. The van der Waals surface area contributed by atoms with Crippen LogP contribution in [0.3, 0.4) is 0 Å². The van der Waals surface area contributed by atoms with Crippen LogP contribution in [0.15, 0.2) is 4.79 Å². The van der Waals surface area contributed by atoms with Gasteiger partial charge >= 0.3 is 11.5 Å². The second-order valence-electron chi connectivity index (χ2n) is 3.31. The molecule has 0 radical (unpaired) electrons. The number of nitrogens with two attached hydrogens (primary N) is 2. The third kappa shape index (κ3) is 1.35. The molecule has 2 rings (SSSR count). The van der Waals surface area contributed by atoms with Crippen molar-refractivity contribution >= 4 is 17.5 Å². The van der Waals surface area contributed by atoms with Crippen molar-refractivity contribution in [1.29, 1.82) is 0 Å². The molecule has 13 heavy (non-hydrogen) atoms. The summed E-state index contributed by atoms with van der Waals surface area (Å²) in [6.07, 6.45) is 0. The fourth-order valence-electron chi connectivity index (χ4n) is 1.44.